The molecule has 1 aliphatic rings. The van der Waals surface area contributed by atoms with Crippen LogP contribution in [0.3, 0.4) is 0 Å². The predicted octanol–water partition coefficient (Wildman–Crippen LogP) is 8.48. The smallest absolute Gasteiger partial charge is 0.270 e. The molecule has 0 radical (unpaired) electrons. The van der Waals surface area contributed by atoms with Crippen LogP contribution in [0.4, 0.5) is 17.1 Å². The Kier molecular flexibility index (Phi) is 7.67. The molecule has 0 saturated carbocycles. The van der Waals surface area contributed by atoms with Gasteiger partial charge in [0.2, 0.25) is 0 Å². The van der Waals surface area contributed by atoms with Gasteiger partial charge < -0.3 is 15.0 Å². The molecule has 1 amide bonds. The summed E-state index contributed by atoms with van der Waals surface area (Å²) in [5, 5.41) is 16.9. The number of carbonyl (C=O) groups excluding carboxylic acids is 1. The standard InChI is InChI=1S/C29H25Cl2N3O4/c30-24-17-20(10-14-26(24)38-27-13-9-19-7-3-4-8-22(19)28(27)31)32-29(35)23-18-21(34(36)37)11-12-25(23)33-15-5-1-2-6-16-33/h3-4,7-14,17-18H,1-2,5-6,15-16H2,(H,32,35). The normalized spacial score (nSPS) is 13.7. The highest BCUT2D eigenvalue weighted by Crippen LogP contribution is 2.38. The average Bonchev–Trinajstić information content (AvgIpc) is 3.21. The molecule has 1 saturated heterocycles. The van der Waals surface area contributed by atoms with Gasteiger partial charge in [0.1, 0.15) is 11.5 Å². The van der Waals surface area contributed by atoms with Gasteiger partial charge in [0.15, 0.2) is 0 Å². The van der Waals surface area contributed by atoms with Gasteiger partial charge in [-0.3, -0.25) is 14.9 Å². The predicted molar refractivity (Wildman–Crippen MR) is 152 cm³/mol. The first kappa shape index (κ1) is 25.8. The summed E-state index contributed by atoms with van der Waals surface area (Å²) in [5.74, 6) is 0.389. The number of amides is 1. The number of benzene rings is 4. The van der Waals surface area contributed by atoms with Gasteiger partial charge in [0, 0.05) is 36.3 Å². The topological polar surface area (TPSA) is 84.7 Å². The molecule has 38 heavy (non-hydrogen) atoms. The summed E-state index contributed by atoms with van der Waals surface area (Å²) < 4.78 is 5.99. The van der Waals surface area contributed by atoms with E-state index < -0.39 is 10.8 Å². The van der Waals surface area contributed by atoms with Gasteiger partial charge in [-0.25, -0.2) is 0 Å². The third-order valence-corrected chi connectivity index (χ3v) is 7.31. The van der Waals surface area contributed by atoms with Crippen LogP contribution in [-0.2, 0) is 0 Å². The van der Waals surface area contributed by atoms with E-state index in [4.69, 9.17) is 27.9 Å². The second kappa shape index (κ2) is 11.3. The Bertz CT molecular complexity index is 1520. The number of fused-ring (bicyclic) bond motifs is 1. The van der Waals surface area contributed by atoms with Crippen LogP contribution in [0.5, 0.6) is 11.5 Å². The lowest BCUT2D eigenvalue weighted by molar-refractivity contribution is -0.384. The third kappa shape index (κ3) is 5.54. The number of nitrogens with one attached hydrogen (secondary N) is 1. The lowest BCUT2D eigenvalue weighted by Gasteiger charge is -2.25. The maximum Gasteiger partial charge on any atom is 0.270 e. The number of rotatable bonds is 6. The van der Waals surface area contributed by atoms with E-state index >= 15 is 0 Å². The van der Waals surface area contributed by atoms with E-state index in [0.717, 1.165) is 49.5 Å². The first-order valence-electron chi connectivity index (χ1n) is 12.4. The van der Waals surface area contributed by atoms with Crippen LogP contribution < -0.4 is 15.0 Å². The highest BCUT2D eigenvalue weighted by molar-refractivity contribution is 6.37. The average molecular weight is 550 g/mol. The Morgan fingerprint density at radius 1 is 0.895 bits per heavy atom. The number of hydrogen-bond acceptors (Lipinski definition) is 5. The second-order valence-electron chi connectivity index (χ2n) is 9.16. The first-order valence-corrected chi connectivity index (χ1v) is 13.2. The summed E-state index contributed by atoms with van der Waals surface area (Å²) in [4.78, 5) is 26.4. The quantitative estimate of drug-likeness (QED) is 0.192. The third-order valence-electron chi connectivity index (χ3n) is 6.62. The highest BCUT2D eigenvalue weighted by atomic mass is 35.5. The number of hydrogen-bond donors (Lipinski definition) is 1. The van der Waals surface area contributed by atoms with E-state index in [1.165, 1.54) is 12.1 Å². The SMILES string of the molecule is O=C(Nc1ccc(Oc2ccc3ccccc3c2Cl)c(Cl)c1)c1cc([N+](=O)[O-])ccc1N1CCCCCC1. The molecular weight excluding hydrogens is 525 g/mol. The summed E-state index contributed by atoms with van der Waals surface area (Å²) in [5.41, 5.74) is 1.24. The number of halogens is 2. The van der Waals surface area contributed by atoms with Gasteiger partial charge in [-0.05, 0) is 48.6 Å². The molecule has 5 rings (SSSR count). The van der Waals surface area contributed by atoms with Crippen LogP contribution in [0, 0.1) is 10.1 Å². The van der Waals surface area contributed by atoms with Crippen molar-refractivity contribution < 1.29 is 14.5 Å². The molecule has 0 atom stereocenters. The van der Waals surface area contributed by atoms with Crippen molar-refractivity contribution in [1.82, 2.24) is 0 Å². The number of ether oxygens (including phenoxy) is 1. The maximum absolute atomic E-state index is 13.3. The van der Waals surface area contributed by atoms with Crippen molar-refractivity contribution in [3.05, 3.63) is 98.5 Å². The summed E-state index contributed by atoms with van der Waals surface area (Å²) in [6, 6.07) is 20.7. The van der Waals surface area contributed by atoms with Crippen molar-refractivity contribution in [3.63, 3.8) is 0 Å². The fourth-order valence-corrected chi connectivity index (χ4v) is 5.17. The molecule has 4 aromatic carbocycles. The van der Waals surface area contributed by atoms with E-state index in [9.17, 15) is 14.9 Å². The number of nitro groups is 1. The summed E-state index contributed by atoms with van der Waals surface area (Å²) >= 11 is 13.1. The van der Waals surface area contributed by atoms with Crippen LogP contribution in [0.2, 0.25) is 10.0 Å². The lowest BCUT2D eigenvalue weighted by Crippen LogP contribution is -2.27. The molecule has 1 heterocycles. The Hall–Kier alpha value is -3.81. The minimum atomic E-state index is -0.496. The van der Waals surface area contributed by atoms with Crippen LogP contribution in [0.1, 0.15) is 36.0 Å². The Labute approximate surface area is 230 Å². The van der Waals surface area contributed by atoms with Crippen LogP contribution in [0.25, 0.3) is 10.8 Å². The zero-order valence-corrected chi connectivity index (χ0v) is 22.0. The van der Waals surface area contributed by atoms with E-state index in [-0.39, 0.29) is 16.3 Å². The van der Waals surface area contributed by atoms with Crippen molar-refractivity contribution >= 4 is 56.9 Å². The van der Waals surface area contributed by atoms with Crippen molar-refractivity contribution in [2.24, 2.45) is 0 Å². The number of carbonyl (C=O) groups is 1. The molecule has 0 bridgehead atoms. The molecule has 194 valence electrons. The fourth-order valence-electron chi connectivity index (χ4n) is 4.68. The van der Waals surface area contributed by atoms with E-state index in [1.807, 2.05) is 30.3 Å². The summed E-state index contributed by atoms with van der Waals surface area (Å²) in [6.07, 6.45) is 4.28. The van der Waals surface area contributed by atoms with Gasteiger partial charge in [-0.15, -0.1) is 0 Å². The molecule has 1 N–H and O–H groups in total. The van der Waals surface area contributed by atoms with Gasteiger partial charge in [0.25, 0.3) is 11.6 Å². The molecular formula is C29H25Cl2N3O4. The van der Waals surface area contributed by atoms with Gasteiger partial charge in [0.05, 0.1) is 26.2 Å². The van der Waals surface area contributed by atoms with Crippen molar-refractivity contribution in [3.8, 4) is 11.5 Å². The minimum absolute atomic E-state index is 0.136. The first-order chi connectivity index (χ1) is 18.4. The van der Waals surface area contributed by atoms with Crippen LogP contribution in [0.15, 0.2) is 72.8 Å². The van der Waals surface area contributed by atoms with Crippen molar-refractivity contribution in [2.45, 2.75) is 25.7 Å². The number of anilines is 2. The van der Waals surface area contributed by atoms with Gasteiger partial charge in [-0.1, -0.05) is 66.4 Å². The van der Waals surface area contributed by atoms with E-state index in [0.29, 0.717) is 27.9 Å². The number of nitrogens with zero attached hydrogens (tertiary/aromatic N) is 2. The molecule has 0 aliphatic carbocycles. The Morgan fingerprint density at radius 3 is 2.37 bits per heavy atom. The highest BCUT2D eigenvalue weighted by Gasteiger charge is 2.22. The molecule has 9 heteroatoms. The second-order valence-corrected chi connectivity index (χ2v) is 9.95. The molecule has 7 nitrogen and oxygen atoms in total. The summed E-state index contributed by atoms with van der Waals surface area (Å²) in [6.45, 7) is 1.60. The van der Waals surface area contributed by atoms with Crippen LogP contribution >= 0.6 is 23.2 Å². The number of non-ortho nitro benzene ring substituents is 1. The largest absolute Gasteiger partial charge is 0.454 e. The van der Waals surface area contributed by atoms with Gasteiger partial charge in [-0.2, -0.15) is 0 Å². The lowest BCUT2D eigenvalue weighted by atomic mass is 10.1. The molecule has 4 aromatic rings. The number of nitro benzene ring substituents is 1. The van der Waals surface area contributed by atoms with E-state index in [1.54, 1.807) is 30.3 Å². The fraction of sp³-hybridized carbons (Fsp3) is 0.207. The molecule has 0 aromatic heterocycles. The monoisotopic (exact) mass is 549 g/mol. The Morgan fingerprint density at radius 2 is 1.63 bits per heavy atom. The van der Waals surface area contributed by atoms with Crippen molar-refractivity contribution in [1.29, 1.82) is 0 Å². The molecule has 1 fully saturated rings. The zero-order valence-electron chi connectivity index (χ0n) is 20.5. The van der Waals surface area contributed by atoms with E-state index in [2.05, 4.69) is 10.2 Å². The van der Waals surface area contributed by atoms with Crippen LogP contribution in [-0.4, -0.2) is 23.9 Å². The maximum atomic E-state index is 13.3. The zero-order chi connectivity index (χ0) is 26.6. The van der Waals surface area contributed by atoms with Crippen molar-refractivity contribution in [2.75, 3.05) is 23.3 Å². The molecule has 0 spiro atoms. The molecule has 0 unspecified atom stereocenters. The Balaban J connectivity index is 1.38. The molecule has 1 aliphatic heterocycles. The van der Waals surface area contributed by atoms with Gasteiger partial charge >= 0.3 is 0 Å². The minimum Gasteiger partial charge on any atom is -0.454 e. The summed E-state index contributed by atoms with van der Waals surface area (Å²) in [7, 11) is 0.